The number of aliphatic carboxylic acids is 6. The molecule has 1 aliphatic rings. The Hall–Kier alpha value is -8.17. The van der Waals surface area contributed by atoms with Crippen LogP contribution in [0, 0.1) is 39.9 Å². The second kappa shape index (κ2) is 40.0. The molecule has 0 spiro atoms. The third-order valence-electron chi connectivity index (χ3n) is 14.3. The Kier molecular flexibility index (Phi) is 33.9. The number of aromatic nitrogens is 2. The molecule has 0 aliphatic carbocycles. The number of hydrogen-bond donors (Lipinski definition) is 17. The molecule has 6 amide bonds. The Labute approximate surface area is 557 Å². The predicted molar refractivity (Wildman–Crippen MR) is 316 cm³/mol. The zero-order chi connectivity index (χ0) is 67.3. The molecule has 17 N–H and O–H groups in total. The summed E-state index contributed by atoms with van der Waals surface area (Å²) in [4.78, 5) is 190. The molecule has 1 radical (unpaired) electrons. The first-order valence-corrected chi connectivity index (χ1v) is 28.8. The molecule has 1 saturated heterocycles. The molecule has 1 fully saturated rings. The maximum Gasteiger partial charge on any atom is 3.00 e. The summed E-state index contributed by atoms with van der Waals surface area (Å²) >= 11 is 0. The number of carboxylic acids is 6. The minimum Gasteiger partial charge on any atom is -0.481 e. The fourth-order valence-corrected chi connectivity index (χ4v) is 9.48. The Balaban J connectivity index is 0.0000221. The van der Waals surface area contributed by atoms with E-state index in [2.05, 4.69) is 52.5 Å². The van der Waals surface area contributed by atoms with Crippen LogP contribution in [0.5, 0.6) is 0 Å². The molecule has 2 aromatic carbocycles. The van der Waals surface area contributed by atoms with Crippen LogP contribution >= 0.6 is 0 Å². The van der Waals surface area contributed by atoms with Gasteiger partial charge in [-0.3, -0.25) is 81.9 Å². The molecule has 1 aliphatic heterocycles. The number of nitrogens with one attached hydrogen (secondary N) is 9. The van der Waals surface area contributed by atoms with Gasteiger partial charge in [-0.05, 0) is 31.7 Å². The molecule has 7 atom stereocenters. The van der Waals surface area contributed by atoms with Crippen LogP contribution in [0.1, 0.15) is 50.3 Å². The van der Waals surface area contributed by atoms with E-state index in [4.69, 9.17) is 0 Å². The van der Waals surface area contributed by atoms with Gasteiger partial charge in [0.2, 0.25) is 35.4 Å². The molecule has 0 bridgehead atoms. The maximum absolute atomic E-state index is 13.8. The van der Waals surface area contributed by atoms with Gasteiger partial charge in [-0.15, -0.1) is 0 Å². The van der Waals surface area contributed by atoms with E-state index in [1.807, 2.05) is 0 Å². The van der Waals surface area contributed by atoms with E-state index in [-0.39, 0.29) is 168 Å². The van der Waals surface area contributed by atoms with E-state index >= 15 is 0 Å². The van der Waals surface area contributed by atoms with Crippen LogP contribution in [0.15, 0.2) is 52.4 Å². The number of aliphatic hydroxyl groups is 2. The molecule has 0 saturated carbocycles. The molecule has 36 nitrogen and oxygen atoms in total. The first-order valence-electron chi connectivity index (χ1n) is 28.8. The second-order valence-corrected chi connectivity index (χ2v) is 21.3. The largest absolute Gasteiger partial charge is 3.00 e. The third-order valence-corrected chi connectivity index (χ3v) is 14.3. The SMILES string of the molecule is C[C@H](NC(=O)[C@H](CC(=O)O)NC(=O)CCCNc1c(NCCCC(C(=O)O)N2CCN(CC(=O)O)CCN(CC(=O)O)CCN(CC(=O)O)CC2)c(=O)c1=O)C(=O)N[C@@H](Cc1cnc[nH]1)C(=O)N[C@@H](CO)C(=O)N[C@@H](Cc1ccccc1)C(=O)N[C@@H](CO)C(=O)O.[Gd+3]. The van der Waals surface area contributed by atoms with E-state index < -0.39 is 157 Å². The summed E-state index contributed by atoms with van der Waals surface area (Å²) in [5, 5.41) is 96.9. The number of H-pyrrole nitrogens is 1. The van der Waals surface area contributed by atoms with Crippen molar-refractivity contribution in [2.24, 2.45) is 0 Å². The minimum absolute atomic E-state index is 0. The number of carbonyl (C=O) groups excluding carboxylic acids is 6. The average molecular weight is 1440 g/mol. The van der Waals surface area contributed by atoms with Crippen molar-refractivity contribution in [3.8, 4) is 0 Å². The first-order chi connectivity index (χ1) is 43.2. The fraction of sp³-hybridized carbons (Fsp3) is 0.545. The van der Waals surface area contributed by atoms with Gasteiger partial charge < -0.3 is 88.4 Å². The van der Waals surface area contributed by atoms with Crippen LogP contribution < -0.4 is 53.4 Å². The van der Waals surface area contributed by atoms with Gasteiger partial charge in [0.05, 0.1) is 45.6 Å². The van der Waals surface area contributed by atoms with Gasteiger partial charge in [-0.2, -0.15) is 0 Å². The van der Waals surface area contributed by atoms with Gasteiger partial charge in [-0.1, -0.05) is 30.3 Å². The van der Waals surface area contributed by atoms with Crippen molar-refractivity contribution >= 4 is 82.6 Å². The third kappa shape index (κ3) is 27.0. The molecule has 4 rings (SSSR count). The van der Waals surface area contributed by atoms with Crippen molar-refractivity contribution in [1.82, 2.24) is 61.5 Å². The Morgan fingerprint density at radius 3 is 1.46 bits per heavy atom. The number of nitrogens with zero attached hydrogens (tertiary/aromatic N) is 5. The number of anilines is 2. The van der Waals surface area contributed by atoms with Crippen molar-refractivity contribution in [3.05, 3.63) is 74.6 Å². The maximum atomic E-state index is 13.8. The number of amides is 6. The molecule has 505 valence electrons. The van der Waals surface area contributed by atoms with Crippen LogP contribution in [0.25, 0.3) is 0 Å². The van der Waals surface area contributed by atoms with Gasteiger partial charge in [0.1, 0.15) is 53.7 Å². The van der Waals surface area contributed by atoms with Crippen LogP contribution in [-0.4, -0.2) is 282 Å². The van der Waals surface area contributed by atoms with Crippen LogP contribution in [0.2, 0.25) is 0 Å². The van der Waals surface area contributed by atoms with Gasteiger partial charge in [0.15, 0.2) is 0 Å². The van der Waals surface area contributed by atoms with E-state index in [9.17, 15) is 108 Å². The number of aromatic amines is 1. The van der Waals surface area contributed by atoms with Crippen molar-refractivity contribution in [2.45, 2.75) is 94.2 Å². The molecule has 3 aromatic rings. The second-order valence-electron chi connectivity index (χ2n) is 21.3. The molecule has 1 aromatic heterocycles. The van der Waals surface area contributed by atoms with Gasteiger partial charge in [0.25, 0.3) is 10.9 Å². The zero-order valence-corrected chi connectivity index (χ0v) is 52.3. The summed E-state index contributed by atoms with van der Waals surface area (Å²) in [5.74, 6) is -14.0. The van der Waals surface area contributed by atoms with Gasteiger partial charge in [-0.25, -0.2) is 9.78 Å². The van der Waals surface area contributed by atoms with Crippen LogP contribution in [-0.2, 0) is 70.4 Å². The number of aliphatic hydroxyl groups excluding tert-OH is 2. The number of carboxylic acid groups (broad SMARTS) is 6. The zero-order valence-electron chi connectivity index (χ0n) is 50.0. The molecular formula is C55H78GdN14O22+3. The fourth-order valence-electron chi connectivity index (χ4n) is 9.48. The topological polar surface area (TPSA) is 539 Å². The number of rotatable bonds is 38. The quantitative estimate of drug-likeness (QED) is 0.0187. The Bertz CT molecular complexity index is 3030. The smallest absolute Gasteiger partial charge is 0.481 e. The summed E-state index contributed by atoms with van der Waals surface area (Å²) in [6, 6.07) is -2.92. The van der Waals surface area contributed by atoms with Gasteiger partial charge >= 0.3 is 75.8 Å². The molecule has 92 heavy (non-hydrogen) atoms. The Morgan fingerprint density at radius 2 is 0.989 bits per heavy atom. The summed E-state index contributed by atoms with van der Waals surface area (Å²) in [5.41, 5.74) is -1.25. The normalized spacial score (nSPS) is 15.9. The average Bonchev–Trinajstić information content (AvgIpc) is 0.866. The summed E-state index contributed by atoms with van der Waals surface area (Å²) < 4.78 is 0. The van der Waals surface area contributed by atoms with Crippen molar-refractivity contribution in [1.29, 1.82) is 0 Å². The first kappa shape index (κ1) is 78.1. The van der Waals surface area contributed by atoms with E-state index in [1.54, 1.807) is 49.9 Å². The molecule has 2 heterocycles. The molecule has 37 heteroatoms. The molecule has 1 unspecified atom stereocenters. The number of imidazole rings is 1. The van der Waals surface area contributed by atoms with Crippen LogP contribution in [0.3, 0.4) is 0 Å². The van der Waals surface area contributed by atoms with Crippen molar-refractivity contribution in [3.63, 3.8) is 0 Å². The van der Waals surface area contributed by atoms with Crippen LogP contribution in [0.4, 0.5) is 11.4 Å². The number of hydrogen-bond acceptors (Lipinski definition) is 23. The van der Waals surface area contributed by atoms with Gasteiger partial charge in [0, 0.05) is 96.6 Å². The molecular weight excluding hydrogens is 1370 g/mol. The number of benzene rings is 1. The number of carbonyl (C=O) groups is 12. The summed E-state index contributed by atoms with van der Waals surface area (Å²) in [7, 11) is 0. The summed E-state index contributed by atoms with van der Waals surface area (Å²) in [6.07, 6.45) is 0.756. The Morgan fingerprint density at radius 1 is 0.533 bits per heavy atom. The van der Waals surface area contributed by atoms with Crippen molar-refractivity contribution in [2.75, 3.05) is 109 Å². The predicted octanol–water partition coefficient (Wildman–Crippen LogP) is -6.72. The summed E-state index contributed by atoms with van der Waals surface area (Å²) in [6.45, 7) is -1.50. The monoisotopic (exact) mass is 1440 g/mol. The minimum atomic E-state index is -1.78. The standard InChI is InChI=1S/C55H78N14O22.Gd/c1-31(49(83)62-35(22-33-24-56-30-59-33)52(86)64-37(28-70)53(87)63-34(21-32-7-3-2-4-8-32)51(85)65-38(29-71)54(88)89)60-50(84)36(23-41(73)74)61-40(72)10-6-12-58-46-45(47(81)48(46)82)57-11-5-9-39(55(90)91)69-19-17-67(26-43(77)78)15-13-66(25-42(75)76)14-16-68(18-20-69)27-44(79)80;/h2-4,7-8,24,30-31,34-39,57-58,70-71H,5-6,9-23,25-29H2,1H3,(H,56,59)(H,60,84)(H,61,72)(H,62,83)(H,63,87)(H,64,86)(H,65,85)(H,73,74)(H,75,76)(H,77,78)(H,79,80)(H,88,89)(H,90,91);/q;+3/t31-,34-,35-,36-,37-,38-,39?;/m0./s1. The van der Waals surface area contributed by atoms with E-state index in [0.717, 1.165) is 6.92 Å². The van der Waals surface area contributed by atoms with E-state index in [1.165, 1.54) is 12.5 Å². The van der Waals surface area contributed by atoms with E-state index in [0.29, 0.717) is 5.56 Å². The van der Waals surface area contributed by atoms with Crippen molar-refractivity contribution < 1.29 is 138 Å².